The van der Waals surface area contributed by atoms with Crippen molar-refractivity contribution >= 4 is 11.4 Å². The summed E-state index contributed by atoms with van der Waals surface area (Å²) < 4.78 is 0. The summed E-state index contributed by atoms with van der Waals surface area (Å²) in [5, 5.41) is 8.82. The molecule has 3 rings (SSSR count). The van der Waals surface area contributed by atoms with Gasteiger partial charge in [-0.3, -0.25) is 4.90 Å². The first-order valence-electron chi connectivity index (χ1n) is 7.02. The normalized spacial score (nSPS) is 20.3. The first kappa shape index (κ1) is 12.3. The minimum Gasteiger partial charge on any atom is -0.398 e. The number of nitriles is 1. The summed E-state index contributed by atoms with van der Waals surface area (Å²) in [5.41, 5.74) is 8.77. The van der Waals surface area contributed by atoms with Crippen LogP contribution in [0, 0.1) is 11.3 Å². The number of hydrogen-bond acceptors (Lipinski definition) is 4. The molecule has 4 heteroatoms. The molecule has 2 N–H and O–H groups in total. The van der Waals surface area contributed by atoms with Gasteiger partial charge in [-0.1, -0.05) is 0 Å². The van der Waals surface area contributed by atoms with Crippen LogP contribution >= 0.6 is 0 Å². The van der Waals surface area contributed by atoms with Crippen LogP contribution in [0.25, 0.3) is 0 Å². The van der Waals surface area contributed by atoms with Crippen LogP contribution in [0.3, 0.4) is 0 Å². The Morgan fingerprint density at radius 3 is 2.58 bits per heavy atom. The Hall–Kier alpha value is -1.73. The zero-order valence-corrected chi connectivity index (χ0v) is 11.2. The van der Waals surface area contributed by atoms with Crippen LogP contribution in [0.15, 0.2) is 18.2 Å². The first-order valence-corrected chi connectivity index (χ1v) is 7.02. The Morgan fingerprint density at radius 1 is 1.21 bits per heavy atom. The SMILES string of the molecule is N#CCc1cc(N2CCN(C3CC3)CC2)ccc1N. The average Bonchev–Trinajstić information content (AvgIpc) is 3.26. The van der Waals surface area contributed by atoms with Gasteiger partial charge in [0.15, 0.2) is 0 Å². The largest absolute Gasteiger partial charge is 0.398 e. The van der Waals surface area contributed by atoms with Crippen LogP contribution in [-0.2, 0) is 6.42 Å². The molecular formula is C15H20N4. The van der Waals surface area contributed by atoms with Gasteiger partial charge in [0, 0.05) is 43.6 Å². The van der Waals surface area contributed by atoms with Gasteiger partial charge in [-0.05, 0) is 36.6 Å². The minimum atomic E-state index is 0.391. The molecule has 2 fully saturated rings. The molecule has 1 aromatic carbocycles. The number of nitrogens with zero attached hydrogens (tertiary/aromatic N) is 3. The molecule has 1 heterocycles. The van der Waals surface area contributed by atoms with E-state index in [0.29, 0.717) is 6.42 Å². The zero-order chi connectivity index (χ0) is 13.2. The lowest BCUT2D eigenvalue weighted by molar-refractivity contribution is 0.248. The summed E-state index contributed by atoms with van der Waals surface area (Å²) in [6, 6.07) is 9.12. The highest BCUT2D eigenvalue weighted by Gasteiger charge is 2.31. The molecule has 0 amide bonds. The number of nitrogen functional groups attached to an aromatic ring is 1. The summed E-state index contributed by atoms with van der Waals surface area (Å²) in [7, 11) is 0. The third kappa shape index (κ3) is 2.66. The summed E-state index contributed by atoms with van der Waals surface area (Å²) >= 11 is 0. The van der Waals surface area contributed by atoms with E-state index in [4.69, 9.17) is 11.0 Å². The fraction of sp³-hybridized carbons (Fsp3) is 0.533. The number of benzene rings is 1. The topological polar surface area (TPSA) is 56.3 Å². The third-order valence-electron chi connectivity index (χ3n) is 4.14. The Labute approximate surface area is 114 Å². The van der Waals surface area contributed by atoms with Crippen LogP contribution in [0.1, 0.15) is 18.4 Å². The van der Waals surface area contributed by atoms with E-state index < -0.39 is 0 Å². The van der Waals surface area contributed by atoms with Gasteiger partial charge in [-0.15, -0.1) is 0 Å². The molecule has 1 saturated carbocycles. The molecule has 2 aliphatic rings. The van der Waals surface area contributed by atoms with E-state index in [0.717, 1.165) is 43.5 Å². The summed E-state index contributed by atoms with van der Waals surface area (Å²) in [6.45, 7) is 4.46. The Balaban J connectivity index is 1.69. The second kappa shape index (κ2) is 5.10. The maximum Gasteiger partial charge on any atom is 0.0670 e. The van der Waals surface area contributed by atoms with E-state index >= 15 is 0 Å². The molecule has 100 valence electrons. The molecule has 1 saturated heterocycles. The van der Waals surface area contributed by atoms with Gasteiger partial charge >= 0.3 is 0 Å². The monoisotopic (exact) mass is 256 g/mol. The van der Waals surface area contributed by atoms with Crippen LogP contribution in [0.4, 0.5) is 11.4 Å². The fourth-order valence-electron chi connectivity index (χ4n) is 2.81. The van der Waals surface area contributed by atoms with Gasteiger partial charge in [0.25, 0.3) is 0 Å². The quantitative estimate of drug-likeness (QED) is 0.835. The van der Waals surface area contributed by atoms with Crippen molar-refractivity contribution in [3.05, 3.63) is 23.8 Å². The van der Waals surface area contributed by atoms with E-state index in [-0.39, 0.29) is 0 Å². The Bertz CT molecular complexity index is 493. The second-order valence-electron chi connectivity index (χ2n) is 5.47. The number of nitrogens with two attached hydrogens (primary N) is 1. The van der Waals surface area contributed by atoms with E-state index in [9.17, 15) is 0 Å². The number of hydrogen-bond donors (Lipinski definition) is 1. The Kier molecular flexibility index (Phi) is 3.31. The standard InChI is InChI=1S/C15H20N4/c16-6-5-12-11-14(3-4-15(12)17)19-9-7-18(8-10-19)13-1-2-13/h3-4,11,13H,1-2,5,7-10,17H2. The fourth-order valence-corrected chi connectivity index (χ4v) is 2.81. The summed E-state index contributed by atoms with van der Waals surface area (Å²) in [4.78, 5) is 5.00. The molecule has 1 aromatic rings. The molecule has 1 aliphatic heterocycles. The smallest absolute Gasteiger partial charge is 0.0670 e. The number of anilines is 2. The van der Waals surface area contributed by atoms with E-state index in [1.165, 1.54) is 18.5 Å². The Morgan fingerprint density at radius 2 is 1.95 bits per heavy atom. The lowest BCUT2D eigenvalue weighted by Gasteiger charge is -2.36. The molecular weight excluding hydrogens is 236 g/mol. The minimum absolute atomic E-state index is 0.391. The highest BCUT2D eigenvalue weighted by Crippen LogP contribution is 2.29. The van der Waals surface area contributed by atoms with Crippen molar-refractivity contribution in [2.75, 3.05) is 36.8 Å². The average molecular weight is 256 g/mol. The van der Waals surface area contributed by atoms with Crippen molar-refractivity contribution in [1.82, 2.24) is 4.90 Å². The number of piperazine rings is 1. The van der Waals surface area contributed by atoms with Crippen molar-refractivity contribution in [2.45, 2.75) is 25.3 Å². The van der Waals surface area contributed by atoms with E-state index in [2.05, 4.69) is 28.0 Å². The first-order chi connectivity index (χ1) is 9.28. The van der Waals surface area contributed by atoms with E-state index in [1.54, 1.807) is 0 Å². The predicted octanol–water partition coefficient (Wildman–Crippen LogP) is 1.62. The van der Waals surface area contributed by atoms with Gasteiger partial charge in [0.1, 0.15) is 0 Å². The zero-order valence-electron chi connectivity index (χ0n) is 11.2. The maximum absolute atomic E-state index is 8.82. The van der Waals surface area contributed by atoms with Crippen molar-refractivity contribution in [3.8, 4) is 6.07 Å². The van der Waals surface area contributed by atoms with Crippen molar-refractivity contribution in [3.63, 3.8) is 0 Å². The van der Waals surface area contributed by atoms with Crippen molar-refractivity contribution in [2.24, 2.45) is 0 Å². The van der Waals surface area contributed by atoms with Crippen molar-refractivity contribution < 1.29 is 0 Å². The van der Waals surface area contributed by atoms with Gasteiger partial charge in [-0.25, -0.2) is 0 Å². The molecule has 0 atom stereocenters. The lowest BCUT2D eigenvalue weighted by Crippen LogP contribution is -2.47. The molecule has 0 unspecified atom stereocenters. The second-order valence-corrected chi connectivity index (χ2v) is 5.47. The van der Waals surface area contributed by atoms with Crippen molar-refractivity contribution in [1.29, 1.82) is 5.26 Å². The molecule has 19 heavy (non-hydrogen) atoms. The maximum atomic E-state index is 8.82. The molecule has 4 nitrogen and oxygen atoms in total. The number of rotatable bonds is 3. The van der Waals surface area contributed by atoms with E-state index in [1.807, 2.05) is 6.07 Å². The highest BCUT2D eigenvalue weighted by molar-refractivity contribution is 5.59. The molecule has 0 spiro atoms. The van der Waals surface area contributed by atoms with Gasteiger partial charge < -0.3 is 10.6 Å². The summed E-state index contributed by atoms with van der Waals surface area (Å²) in [5.74, 6) is 0. The molecule has 0 bridgehead atoms. The van der Waals surface area contributed by atoms with Gasteiger partial charge in [0.2, 0.25) is 0 Å². The summed E-state index contributed by atoms with van der Waals surface area (Å²) in [6.07, 6.45) is 3.16. The van der Waals surface area contributed by atoms with Crippen LogP contribution < -0.4 is 10.6 Å². The van der Waals surface area contributed by atoms with Gasteiger partial charge in [0.05, 0.1) is 12.5 Å². The molecule has 0 radical (unpaired) electrons. The molecule has 0 aromatic heterocycles. The van der Waals surface area contributed by atoms with Crippen LogP contribution in [-0.4, -0.2) is 37.1 Å². The van der Waals surface area contributed by atoms with Gasteiger partial charge in [-0.2, -0.15) is 5.26 Å². The predicted molar refractivity (Wildman–Crippen MR) is 77.0 cm³/mol. The third-order valence-corrected chi connectivity index (χ3v) is 4.14. The molecule has 1 aliphatic carbocycles. The van der Waals surface area contributed by atoms with Crippen LogP contribution in [0.2, 0.25) is 0 Å². The van der Waals surface area contributed by atoms with Crippen LogP contribution in [0.5, 0.6) is 0 Å². The highest BCUT2D eigenvalue weighted by atomic mass is 15.3. The lowest BCUT2D eigenvalue weighted by atomic mass is 10.1.